The third-order valence-corrected chi connectivity index (χ3v) is 3.86. The molecule has 1 fully saturated rings. The molecule has 1 aromatic carbocycles. The van der Waals surface area contributed by atoms with Crippen molar-refractivity contribution in [2.45, 2.75) is 38.8 Å². The summed E-state index contributed by atoms with van der Waals surface area (Å²) < 4.78 is 0. The lowest BCUT2D eigenvalue weighted by Gasteiger charge is -2.25. The summed E-state index contributed by atoms with van der Waals surface area (Å²) >= 11 is 0. The fraction of sp³-hybridized carbons (Fsp3) is 0.600. The van der Waals surface area contributed by atoms with Crippen LogP contribution in [0.3, 0.4) is 0 Å². The van der Waals surface area contributed by atoms with Gasteiger partial charge >= 0.3 is 0 Å². The second kappa shape index (κ2) is 6.18. The van der Waals surface area contributed by atoms with E-state index >= 15 is 0 Å². The minimum atomic E-state index is 0.454. The van der Waals surface area contributed by atoms with Crippen LogP contribution >= 0.6 is 0 Å². The van der Waals surface area contributed by atoms with Gasteiger partial charge in [-0.25, -0.2) is 0 Å². The van der Waals surface area contributed by atoms with Crippen molar-refractivity contribution in [3.8, 4) is 0 Å². The zero-order valence-corrected chi connectivity index (χ0v) is 11.0. The van der Waals surface area contributed by atoms with Gasteiger partial charge in [0, 0.05) is 18.6 Å². The van der Waals surface area contributed by atoms with E-state index in [4.69, 9.17) is 0 Å². The van der Waals surface area contributed by atoms with Crippen LogP contribution in [0.2, 0.25) is 0 Å². The van der Waals surface area contributed by atoms with Crippen molar-refractivity contribution in [3.63, 3.8) is 0 Å². The Morgan fingerprint density at radius 2 is 2.12 bits per heavy atom. The Labute approximate surface area is 105 Å². The van der Waals surface area contributed by atoms with Crippen molar-refractivity contribution in [1.29, 1.82) is 0 Å². The Morgan fingerprint density at radius 3 is 2.82 bits per heavy atom. The summed E-state index contributed by atoms with van der Waals surface area (Å²) in [7, 11) is 0. The Bertz CT molecular complexity index is 323. The van der Waals surface area contributed by atoms with Crippen LogP contribution in [0.4, 0.5) is 0 Å². The summed E-state index contributed by atoms with van der Waals surface area (Å²) in [6.07, 6.45) is 2.71. The number of likely N-dealkylation sites (N-methyl/N-ethyl adjacent to an activating group) is 1. The lowest BCUT2D eigenvalue weighted by molar-refractivity contribution is 0.255. The summed E-state index contributed by atoms with van der Waals surface area (Å²) in [5.74, 6) is 0. The minimum Gasteiger partial charge on any atom is -0.309 e. The van der Waals surface area contributed by atoms with E-state index in [0.29, 0.717) is 6.04 Å². The lowest BCUT2D eigenvalue weighted by Crippen LogP contribution is -2.38. The van der Waals surface area contributed by atoms with E-state index in [1.807, 2.05) is 0 Å². The maximum absolute atomic E-state index is 3.66. The predicted octanol–water partition coefficient (Wildman–Crippen LogP) is 2.82. The molecule has 94 valence electrons. The molecule has 17 heavy (non-hydrogen) atoms. The first-order chi connectivity index (χ1) is 8.31. The van der Waals surface area contributed by atoms with E-state index in [0.717, 1.165) is 12.6 Å². The molecule has 2 heteroatoms. The van der Waals surface area contributed by atoms with Crippen LogP contribution in [0.15, 0.2) is 30.3 Å². The zero-order valence-electron chi connectivity index (χ0n) is 11.0. The largest absolute Gasteiger partial charge is 0.309 e. The average molecular weight is 232 g/mol. The van der Waals surface area contributed by atoms with Crippen LogP contribution in [0.25, 0.3) is 0 Å². The second-order valence-corrected chi connectivity index (χ2v) is 4.97. The molecule has 0 saturated carbocycles. The summed E-state index contributed by atoms with van der Waals surface area (Å²) in [5.41, 5.74) is 1.38. The maximum Gasteiger partial charge on any atom is 0.0292 e. The van der Waals surface area contributed by atoms with Gasteiger partial charge in [0.1, 0.15) is 0 Å². The van der Waals surface area contributed by atoms with Gasteiger partial charge < -0.3 is 5.32 Å². The monoisotopic (exact) mass is 232 g/mol. The standard InChI is InChI=1S/C15H24N2/c1-3-17-11-7-10-15(17)12-16-13(2)14-8-5-4-6-9-14/h4-6,8-9,13,15-16H,3,7,10-12H2,1-2H3. The van der Waals surface area contributed by atoms with Gasteiger partial charge in [-0.3, -0.25) is 4.90 Å². The van der Waals surface area contributed by atoms with Gasteiger partial charge in [0.2, 0.25) is 0 Å². The molecule has 1 aliphatic heterocycles. The highest BCUT2D eigenvalue weighted by Gasteiger charge is 2.22. The Morgan fingerprint density at radius 1 is 1.35 bits per heavy atom. The first-order valence-corrected chi connectivity index (χ1v) is 6.83. The molecule has 1 saturated heterocycles. The van der Waals surface area contributed by atoms with Gasteiger partial charge in [0.05, 0.1) is 0 Å². The highest BCUT2D eigenvalue weighted by Crippen LogP contribution is 2.17. The van der Waals surface area contributed by atoms with Gasteiger partial charge in [0.25, 0.3) is 0 Å². The molecule has 1 aliphatic rings. The number of nitrogens with zero attached hydrogens (tertiary/aromatic N) is 1. The number of hydrogen-bond acceptors (Lipinski definition) is 2. The number of likely N-dealkylation sites (tertiary alicyclic amines) is 1. The molecule has 0 bridgehead atoms. The predicted molar refractivity (Wildman–Crippen MR) is 73.1 cm³/mol. The molecular formula is C15H24N2. The Hall–Kier alpha value is -0.860. The molecule has 2 rings (SSSR count). The molecule has 0 amide bonds. The minimum absolute atomic E-state index is 0.454. The van der Waals surface area contributed by atoms with Crippen LogP contribution in [-0.2, 0) is 0 Å². The van der Waals surface area contributed by atoms with Crippen LogP contribution in [0, 0.1) is 0 Å². The molecule has 2 nitrogen and oxygen atoms in total. The van der Waals surface area contributed by atoms with Gasteiger partial charge in [-0.15, -0.1) is 0 Å². The van der Waals surface area contributed by atoms with E-state index < -0.39 is 0 Å². The fourth-order valence-electron chi connectivity index (χ4n) is 2.72. The smallest absolute Gasteiger partial charge is 0.0292 e. The van der Waals surface area contributed by atoms with E-state index in [1.165, 1.54) is 31.5 Å². The summed E-state index contributed by atoms with van der Waals surface area (Å²) in [6, 6.07) is 11.9. The highest BCUT2D eigenvalue weighted by atomic mass is 15.2. The maximum atomic E-state index is 3.66. The fourth-order valence-corrected chi connectivity index (χ4v) is 2.72. The molecule has 2 atom stereocenters. The molecule has 2 unspecified atom stereocenters. The first kappa shape index (κ1) is 12.6. The second-order valence-electron chi connectivity index (χ2n) is 4.97. The lowest BCUT2D eigenvalue weighted by atomic mass is 10.1. The van der Waals surface area contributed by atoms with E-state index in [2.05, 4.69) is 54.4 Å². The number of benzene rings is 1. The molecule has 1 aromatic rings. The average Bonchev–Trinajstić information content (AvgIpc) is 2.84. The van der Waals surface area contributed by atoms with Crippen molar-refractivity contribution in [2.24, 2.45) is 0 Å². The van der Waals surface area contributed by atoms with E-state index in [1.54, 1.807) is 0 Å². The third kappa shape index (κ3) is 3.30. The number of nitrogens with one attached hydrogen (secondary N) is 1. The number of hydrogen-bond donors (Lipinski definition) is 1. The Kier molecular flexibility index (Phi) is 4.57. The summed E-state index contributed by atoms with van der Waals surface area (Å²) in [5, 5.41) is 3.66. The SMILES string of the molecule is CCN1CCCC1CNC(C)c1ccccc1. The molecule has 1 heterocycles. The van der Waals surface area contributed by atoms with Crippen molar-refractivity contribution < 1.29 is 0 Å². The third-order valence-electron chi connectivity index (χ3n) is 3.86. The topological polar surface area (TPSA) is 15.3 Å². The molecule has 0 aromatic heterocycles. The van der Waals surface area contributed by atoms with Crippen LogP contribution in [0.5, 0.6) is 0 Å². The van der Waals surface area contributed by atoms with Crippen molar-refractivity contribution >= 4 is 0 Å². The van der Waals surface area contributed by atoms with E-state index in [-0.39, 0.29) is 0 Å². The van der Waals surface area contributed by atoms with Gasteiger partial charge in [0.15, 0.2) is 0 Å². The number of rotatable bonds is 5. The van der Waals surface area contributed by atoms with Gasteiger partial charge in [-0.1, -0.05) is 37.3 Å². The Balaban J connectivity index is 1.82. The van der Waals surface area contributed by atoms with Crippen LogP contribution in [-0.4, -0.2) is 30.6 Å². The van der Waals surface area contributed by atoms with Gasteiger partial charge in [-0.05, 0) is 38.4 Å². The summed E-state index contributed by atoms with van der Waals surface area (Å²) in [6.45, 7) is 8.10. The van der Waals surface area contributed by atoms with Crippen LogP contribution < -0.4 is 5.32 Å². The van der Waals surface area contributed by atoms with Crippen molar-refractivity contribution in [2.75, 3.05) is 19.6 Å². The van der Waals surface area contributed by atoms with Crippen molar-refractivity contribution in [1.82, 2.24) is 10.2 Å². The molecular weight excluding hydrogens is 208 g/mol. The zero-order chi connectivity index (χ0) is 12.1. The molecule has 0 radical (unpaired) electrons. The van der Waals surface area contributed by atoms with Gasteiger partial charge in [-0.2, -0.15) is 0 Å². The quantitative estimate of drug-likeness (QED) is 0.840. The summed E-state index contributed by atoms with van der Waals surface area (Å²) in [4.78, 5) is 2.59. The molecule has 1 N–H and O–H groups in total. The molecule has 0 spiro atoms. The van der Waals surface area contributed by atoms with E-state index in [9.17, 15) is 0 Å². The van der Waals surface area contributed by atoms with Crippen LogP contribution in [0.1, 0.15) is 38.3 Å². The first-order valence-electron chi connectivity index (χ1n) is 6.83. The highest BCUT2D eigenvalue weighted by molar-refractivity contribution is 5.18. The normalized spacial score (nSPS) is 22.8. The van der Waals surface area contributed by atoms with Crippen molar-refractivity contribution in [3.05, 3.63) is 35.9 Å². The molecule has 0 aliphatic carbocycles.